The van der Waals surface area contributed by atoms with Crippen LogP contribution in [0.4, 0.5) is 0 Å². The SMILES string of the molecule is CCN(C(=O)c1cn2c3c(cccc3c1=O)CC2)[C@@H]1CCOC(C)(C)C1. The Balaban J connectivity index is 1.74. The summed E-state index contributed by atoms with van der Waals surface area (Å²) in [5.41, 5.74) is 2.09. The van der Waals surface area contributed by atoms with Crippen molar-refractivity contribution in [1.82, 2.24) is 9.47 Å². The maximum atomic E-state index is 13.3. The van der Waals surface area contributed by atoms with Crippen LogP contribution in [-0.4, -0.2) is 40.2 Å². The van der Waals surface area contributed by atoms with Crippen molar-refractivity contribution in [2.24, 2.45) is 0 Å². The third-order valence-corrected chi connectivity index (χ3v) is 5.75. The van der Waals surface area contributed by atoms with Gasteiger partial charge in [0.15, 0.2) is 0 Å². The van der Waals surface area contributed by atoms with Gasteiger partial charge in [-0.3, -0.25) is 9.59 Å². The molecule has 5 heteroatoms. The molecule has 0 N–H and O–H groups in total. The van der Waals surface area contributed by atoms with Crippen molar-refractivity contribution in [3.8, 4) is 0 Å². The molecule has 1 aromatic heterocycles. The summed E-state index contributed by atoms with van der Waals surface area (Å²) in [5.74, 6) is -0.150. The lowest BCUT2D eigenvalue weighted by molar-refractivity contribution is -0.0777. The van der Waals surface area contributed by atoms with Gasteiger partial charge in [0.2, 0.25) is 5.43 Å². The largest absolute Gasteiger partial charge is 0.375 e. The molecule has 0 unspecified atom stereocenters. The van der Waals surface area contributed by atoms with Crippen molar-refractivity contribution in [2.45, 2.75) is 58.2 Å². The lowest BCUT2D eigenvalue weighted by Crippen LogP contribution is -2.49. The number of ether oxygens (including phenoxy) is 1. The predicted octanol–water partition coefficient (Wildman–Crippen LogP) is 2.98. The number of para-hydroxylation sites is 1. The molecule has 2 aliphatic heterocycles. The van der Waals surface area contributed by atoms with Gasteiger partial charge in [-0.2, -0.15) is 0 Å². The first-order valence-corrected chi connectivity index (χ1v) is 9.51. The topological polar surface area (TPSA) is 51.5 Å². The number of carbonyl (C=O) groups excluding carboxylic acids is 1. The summed E-state index contributed by atoms with van der Waals surface area (Å²) in [6, 6.07) is 5.93. The number of benzene rings is 1. The van der Waals surface area contributed by atoms with E-state index in [1.54, 1.807) is 6.20 Å². The Morgan fingerprint density at radius 2 is 2.19 bits per heavy atom. The number of nitrogens with zero attached hydrogens (tertiary/aromatic N) is 2. The second-order valence-electron chi connectivity index (χ2n) is 7.97. The second-order valence-corrected chi connectivity index (χ2v) is 7.97. The van der Waals surface area contributed by atoms with Crippen molar-refractivity contribution in [3.05, 3.63) is 45.7 Å². The first-order chi connectivity index (χ1) is 12.4. The highest BCUT2D eigenvalue weighted by molar-refractivity contribution is 5.98. The van der Waals surface area contributed by atoms with Gasteiger partial charge < -0.3 is 14.2 Å². The van der Waals surface area contributed by atoms with Gasteiger partial charge in [-0.1, -0.05) is 12.1 Å². The monoisotopic (exact) mass is 354 g/mol. The molecule has 1 saturated heterocycles. The first-order valence-electron chi connectivity index (χ1n) is 9.51. The van der Waals surface area contributed by atoms with Gasteiger partial charge in [0.25, 0.3) is 5.91 Å². The molecule has 1 aromatic carbocycles. The van der Waals surface area contributed by atoms with Crippen LogP contribution in [0.3, 0.4) is 0 Å². The van der Waals surface area contributed by atoms with Crippen LogP contribution in [0.2, 0.25) is 0 Å². The number of amides is 1. The van der Waals surface area contributed by atoms with Gasteiger partial charge in [0.05, 0.1) is 11.1 Å². The van der Waals surface area contributed by atoms with Crippen molar-refractivity contribution in [3.63, 3.8) is 0 Å². The van der Waals surface area contributed by atoms with Crippen molar-refractivity contribution >= 4 is 16.8 Å². The molecule has 0 radical (unpaired) electrons. The molecule has 2 aliphatic rings. The molecule has 0 bridgehead atoms. The normalized spacial score (nSPS) is 21.1. The van der Waals surface area contributed by atoms with E-state index in [9.17, 15) is 9.59 Å². The summed E-state index contributed by atoms with van der Waals surface area (Å²) in [6.07, 6.45) is 4.30. The minimum absolute atomic E-state index is 0.108. The molecule has 2 aromatic rings. The fourth-order valence-electron chi connectivity index (χ4n) is 4.50. The molecule has 5 nitrogen and oxygen atoms in total. The standard InChI is InChI=1S/C21H26N2O3/c1-4-23(15-9-11-26-21(2,3)12-15)20(25)17-13-22-10-8-14-6-5-7-16(18(14)22)19(17)24/h5-7,13,15H,4,8-12H2,1-3H3/t15-/m1/s1. The van der Waals surface area contributed by atoms with Crippen LogP contribution in [0.5, 0.6) is 0 Å². The van der Waals surface area contributed by atoms with E-state index in [0.717, 1.165) is 31.3 Å². The summed E-state index contributed by atoms with van der Waals surface area (Å²) in [6.45, 7) is 8.17. The second kappa shape index (κ2) is 6.23. The first kappa shape index (κ1) is 17.3. The van der Waals surface area contributed by atoms with Gasteiger partial charge in [-0.25, -0.2) is 0 Å². The van der Waals surface area contributed by atoms with Crippen molar-refractivity contribution in [1.29, 1.82) is 0 Å². The van der Waals surface area contributed by atoms with E-state index in [-0.39, 0.29) is 23.0 Å². The number of hydrogen-bond acceptors (Lipinski definition) is 3. The van der Waals surface area contributed by atoms with E-state index in [4.69, 9.17) is 4.74 Å². The summed E-state index contributed by atoms with van der Waals surface area (Å²) >= 11 is 0. The average molecular weight is 354 g/mol. The van der Waals surface area contributed by atoms with E-state index in [2.05, 4.69) is 24.5 Å². The minimum Gasteiger partial charge on any atom is -0.375 e. The molecule has 4 rings (SSSR count). The Hall–Kier alpha value is -2.14. The van der Waals surface area contributed by atoms with Crippen molar-refractivity contribution in [2.75, 3.05) is 13.2 Å². The molecule has 0 spiro atoms. The smallest absolute Gasteiger partial charge is 0.259 e. The van der Waals surface area contributed by atoms with Crippen LogP contribution in [-0.2, 0) is 17.7 Å². The van der Waals surface area contributed by atoms with Gasteiger partial charge in [0, 0.05) is 37.3 Å². The van der Waals surface area contributed by atoms with E-state index >= 15 is 0 Å². The Bertz CT molecular complexity index is 929. The number of aromatic nitrogens is 1. The molecule has 1 amide bonds. The number of carbonyl (C=O) groups is 1. The molecular weight excluding hydrogens is 328 g/mol. The maximum absolute atomic E-state index is 13.3. The quantitative estimate of drug-likeness (QED) is 0.851. The lowest BCUT2D eigenvalue weighted by atomic mass is 9.92. The average Bonchev–Trinajstić information content (AvgIpc) is 3.02. The fraction of sp³-hybridized carbons (Fsp3) is 0.524. The molecule has 3 heterocycles. The fourth-order valence-corrected chi connectivity index (χ4v) is 4.50. The zero-order chi connectivity index (χ0) is 18.5. The zero-order valence-corrected chi connectivity index (χ0v) is 15.7. The van der Waals surface area contributed by atoms with E-state index in [1.807, 2.05) is 24.0 Å². The molecule has 1 atom stereocenters. The van der Waals surface area contributed by atoms with Crippen molar-refractivity contribution < 1.29 is 9.53 Å². The molecule has 138 valence electrons. The molecular formula is C21H26N2O3. The van der Waals surface area contributed by atoms with Crippen LogP contribution < -0.4 is 5.43 Å². The Labute approximate surface area is 153 Å². The van der Waals surface area contributed by atoms with Crippen LogP contribution in [0, 0.1) is 0 Å². The van der Waals surface area contributed by atoms with Gasteiger partial charge >= 0.3 is 0 Å². The Morgan fingerprint density at radius 1 is 1.38 bits per heavy atom. The predicted molar refractivity (Wildman–Crippen MR) is 102 cm³/mol. The molecule has 1 fully saturated rings. The van der Waals surface area contributed by atoms with E-state index < -0.39 is 0 Å². The Kier molecular flexibility index (Phi) is 4.14. The van der Waals surface area contributed by atoms with E-state index in [1.165, 1.54) is 5.56 Å². The number of pyridine rings is 1. The highest BCUT2D eigenvalue weighted by Crippen LogP contribution is 2.29. The lowest BCUT2D eigenvalue weighted by Gasteiger charge is -2.41. The zero-order valence-electron chi connectivity index (χ0n) is 15.7. The van der Waals surface area contributed by atoms with Crippen LogP contribution in [0.15, 0.2) is 29.2 Å². The van der Waals surface area contributed by atoms with E-state index in [0.29, 0.717) is 24.1 Å². The highest BCUT2D eigenvalue weighted by atomic mass is 16.5. The maximum Gasteiger partial charge on any atom is 0.259 e. The minimum atomic E-state index is -0.238. The number of aryl methyl sites for hydroxylation is 2. The number of hydrogen-bond donors (Lipinski definition) is 0. The third-order valence-electron chi connectivity index (χ3n) is 5.75. The van der Waals surface area contributed by atoms with Gasteiger partial charge in [-0.15, -0.1) is 0 Å². The van der Waals surface area contributed by atoms with Gasteiger partial charge in [-0.05, 0) is 51.7 Å². The van der Waals surface area contributed by atoms with Crippen LogP contribution in [0.1, 0.15) is 49.5 Å². The molecule has 26 heavy (non-hydrogen) atoms. The summed E-state index contributed by atoms with van der Waals surface area (Å²) in [4.78, 5) is 28.2. The van der Waals surface area contributed by atoms with Crippen LogP contribution in [0.25, 0.3) is 10.9 Å². The summed E-state index contributed by atoms with van der Waals surface area (Å²) < 4.78 is 7.87. The van der Waals surface area contributed by atoms with Gasteiger partial charge in [0.1, 0.15) is 5.56 Å². The molecule has 0 saturated carbocycles. The summed E-state index contributed by atoms with van der Waals surface area (Å²) in [7, 11) is 0. The molecule has 0 aliphatic carbocycles. The summed E-state index contributed by atoms with van der Waals surface area (Å²) in [5, 5.41) is 0.661. The third kappa shape index (κ3) is 2.75. The van der Waals surface area contributed by atoms with Crippen LogP contribution >= 0.6 is 0 Å². The Morgan fingerprint density at radius 3 is 2.92 bits per heavy atom. The highest BCUT2D eigenvalue weighted by Gasteiger charge is 2.35. The number of rotatable bonds is 3.